The van der Waals surface area contributed by atoms with Gasteiger partial charge in [0.2, 0.25) is 0 Å². The van der Waals surface area contributed by atoms with Crippen molar-refractivity contribution in [3.63, 3.8) is 0 Å². The van der Waals surface area contributed by atoms with Crippen LogP contribution in [-0.2, 0) is 0 Å². The van der Waals surface area contributed by atoms with Crippen molar-refractivity contribution in [1.29, 1.82) is 0 Å². The molecule has 2 atom stereocenters. The fourth-order valence-corrected chi connectivity index (χ4v) is 1.33. The lowest BCUT2D eigenvalue weighted by molar-refractivity contribution is 0.105. The number of hydrogen-bond donors (Lipinski definition) is 4. The molecule has 0 fully saturated rings. The van der Waals surface area contributed by atoms with Crippen LogP contribution < -0.4 is 10.6 Å². The Labute approximate surface area is 97.2 Å². The highest BCUT2D eigenvalue weighted by atomic mass is 16.3. The minimum absolute atomic E-state index is 0.647. The van der Waals surface area contributed by atoms with Gasteiger partial charge in [-0.1, -0.05) is 0 Å². The molecule has 0 spiro atoms. The third kappa shape index (κ3) is 7.70. The van der Waals surface area contributed by atoms with Crippen molar-refractivity contribution in [2.24, 2.45) is 10.2 Å². The quantitative estimate of drug-likeness (QED) is 0.402. The van der Waals surface area contributed by atoms with Crippen molar-refractivity contribution in [2.75, 3.05) is 0 Å². The first-order chi connectivity index (χ1) is 7.04. The van der Waals surface area contributed by atoms with Gasteiger partial charge in [0.05, 0.1) is 0 Å². The summed E-state index contributed by atoms with van der Waals surface area (Å²) in [6.07, 6.45) is -1.30. The van der Waals surface area contributed by atoms with Gasteiger partial charge in [-0.25, -0.2) is 0 Å². The largest absolute Gasteiger partial charge is 0.379 e. The molecule has 0 aromatic heterocycles. The summed E-state index contributed by atoms with van der Waals surface area (Å²) in [6, 6.07) is 0. The maximum absolute atomic E-state index is 9.19. The molecule has 6 nitrogen and oxygen atoms in total. The second kappa shape index (κ2) is 5.67. The van der Waals surface area contributed by atoms with Gasteiger partial charge >= 0.3 is 0 Å². The molecule has 16 heavy (non-hydrogen) atoms. The Morgan fingerprint density at radius 3 is 1.25 bits per heavy atom. The monoisotopic (exact) mass is 232 g/mol. The molecule has 0 radical (unpaired) electrons. The fourth-order valence-electron chi connectivity index (χ4n) is 1.33. The maximum atomic E-state index is 9.19. The molecule has 0 amide bonds. The van der Waals surface area contributed by atoms with E-state index < -0.39 is 23.8 Å². The molecule has 0 aromatic rings. The molecule has 0 aromatic carbocycles. The molecule has 0 saturated carbocycles. The van der Waals surface area contributed by atoms with Gasteiger partial charge in [-0.05, 0) is 41.5 Å². The van der Waals surface area contributed by atoms with Gasteiger partial charge in [0.1, 0.15) is 23.8 Å². The van der Waals surface area contributed by atoms with E-state index in [1.54, 1.807) is 13.8 Å². The Balaban J connectivity index is 4.45. The summed E-state index contributed by atoms with van der Waals surface area (Å²) < 4.78 is 0. The Bertz CT molecular complexity index is 213. The van der Waals surface area contributed by atoms with E-state index in [9.17, 15) is 10.2 Å². The van der Waals surface area contributed by atoms with E-state index >= 15 is 0 Å². The van der Waals surface area contributed by atoms with E-state index in [2.05, 4.69) is 20.9 Å². The van der Waals surface area contributed by atoms with Crippen LogP contribution >= 0.6 is 0 Å². The molecule has 0 aliphatic carbocycles. The third-order valence-corrected chi connectivity index (χ3v) is 1.67. The van der Waals surface area contributed by atoms with Crippen LogP contribution in [0.25, 0.3) is 0 Å². The summed E-state index contributed by atoms with van der Waals surface area (Å²) in [5.74, 6) is 0. The molecule has 0 bridgehead atoms. The lowest BCUT2D eigenvalue weighted by atomic mass is 10.2. The Morgan fingerprint density at radius 2 is 1.06 bits per heavy atom. The van der Waals surface area contributed by atoms with Gasteiger partial charge in [-0.3, -0.25) is 10.6 Å². The number of nitrogens with one attached hydrogen (secondary N) is 2. The lowest BCUT2D eigenvalue weighted by Crippen LogP contribution is -2.46. The Morgan fingerprint density at radius 1 is 0.812 bits per heavy atom. The van der Waals surface area contributed by atoms with E-state index in [1.807, 2.05) is 27.7 Å². The van der Waals surface area contributed by atoms with Crippen molar-refractivity contribution < 1.29 is 10.2 Å². The van der Waals surface area contributed by atoms with E-state index in [0.717, 1.165) is 0 Å². The van der Waals surface area contributed by atoms with Crippen molar-refractivity contribution >= 4 is 0 Å². The molecule has 0 aliphatic rings. The summed E-state index contributed by atoms with van der Waals surface area (Å²) >= 11 is 0. The maximum Gasteiger partial charge on any atom is 0.128 e. The first-order valence-electron chi connectivity index (χ1n) is 5.40. The summed E-state index contributed by atoms with van der Waals surface area (Å²) in [7, 11) is 0. The highest BCUT2D eigenvalue weighted by Crippen LogP contribution is 2.12. The molecule has 6 heteroatoms. The molecular weight excluding hydrogens is 208 g/mol. The molecule has 96 valence electrons. The van der Waals surface area contributed by atoms with Crippen LogP contribution in [0.1, 0.15) is 41.5 Å². The van der Waals surface area contributed by atoms with Gasteiger partial charge < -0.3 is 10.2 Å². The van der Waals surface area contributed by atoms with Crippen LogP contribution in [0.15, 0.2) is 10.2 Å². The lowest BCUT2D eigenvalue weighted by Gasteiger charge is -2.26. The average molecular weight is 232 g/mol. The summed E-state index contributed by atoms with van der Waals surface area (Å²) in [6.45, 7) is 10.5. The molecule has 0 saturated heterocycles. The standard InChI is InChI=1S/C10H24N4O2/c1-7(15)11-9(3,4)13-14-10(5,6)12-8(2)16/h7-8,11-12,15-16H,1-6H3. The number of hydrogen-bond acceptors (Lipinski definition) is 6. The predicted octanol–water partition coefficient (Wildman–Crippen LogP) is 0.767. The minimum atomic E-state index is -0.651. The number of azo groups is 1. The van der Waals surface area contributed by atoms with E-state index in [4.69, 9.17) is 0 Å². The second-order valence-corrected chi connectivity index (χ2v) is 4.96. The summed E-state index contributed by atoms with van der Waals surface area (Å²) in [5, 5.41) is 32.3. The van der Waals surface area contributed by atoms with Gasteiger partial charge in [-0.15, -0.1) is 0 Å². The third-order valence-electron chi connectivity index (χ3n) is 1.67. The number of rotatable bonds is 6. The number of aliphatic hydroxyl groups is 2. The summed E-state index contributed by atoms with van der Waals surface area (Å²) in [5.41, 5.74) is -1.29. The number of nitrogens with zero attached hydrogens (tertiary/aromatic N) is 2. The molecule has 4 N–H and O–H groups in total. The fraction of sp³-hybridized carbons (Fsp3) is 1.00. The zero-order chi connectivity index (χ0) is 13.0. The smallest absolute Gasteiger partial charge is 0.128 e. The van der Waals surface area contributed by atoms with Crippen molar-refractivity contribution in [3.05, 3.63) is 0 Å². The van der Waals surface area contributed by atoms with Crippen LogP contribution in [0.2, 0.25) is 0 Å². The van der Waals surface area contributed by atoms with Crippen molar-refractivity contribution in [3.8, 4) is 0 Å². The predicted molar refractivity (Wildman–Crippen MR) is 62.6 cm³/mol. The van der Waals surface area contributed by atoms with Gasteiger partial charge in [-0.2, -0.15) is 10.2 Å². The highest BCUT2D eigenvalue weighted by Gasteiger charge is 2.22. The zero-order valence-electron chi connectivity index (χ0n) is 10.9. The van der Waals surface area contributed by atoms with E-state index in [0.29, 0.717) is 0 Å². The van der Waals surface area contributed by atoms with Gasteiger partial charge in [0, 0.05) is 0 Å². The van der Waals surface area contributed by atoms with Crippen LogP contribution in [0.5, 0.6) is 0 Å². The first-order valence-corrected chi connectivity index (χ1v) is 5.40. The molecule has 0 rings (SSSR count). The minimum Gasteiger partial charge on any atom is -0.379 e. The molecular formula is C10H24N4O2. The van der Waals surface area contributed by atoms with E-state index in [-0.39, 0.29) is 0 Å². The Hall–Kier alpha value is -0.560. The Kier molecular flexibility index (Phi) is 5.48. The molecule has 2 unspecified atom stereocenters. The SMILES string of the molecule is CC(O)NC(C)(C)N=NC(C)(C)NC(C)O. The van der Waals surface area contributed by atoms with Crippen LogP contribution in [0.3, 0.4) is 0 Å². The van der Waals surface area contributed by atoms with Crippen LogP contribution in [0.4, 0.5) is 0 Å². The summed E-state index contributed by atoms with van der Waals surface area (Å²) in [4.78, 5) is 0. The normalized spacial score (nSPS) is 17.8. The average Bonchev–Trinajstić information content (AvgIpc) is 1.96. The van der Waals surface area contributed by atoms with Crippen molar-refractivity contribution in [1.82, 2.24) is 10.6 Å². The van der Waals surface area contributed by atoms with E-state index in [1.165, 1.54) is 0 Å². The van der Waals surface area contributed by atoms with Crippen molar-refractivity contribution in [2.45, 2.75) is 65.3 Å². The second-order valence-electron chi connectivity index (χ2n) is 4.96. The topological polar surface area (TPSA) is 89.2 Å². The zero-order valence-corrected chi connectivity index (χ0v) is 10.9. The van der Waals surface area contributed by atoms with Gasteiger partial charge in [0.25, 0.3) is 0 Å². The molecule has 0 aliphatic heterocycles. The van der Waals surface area contributed by atoms with Gasteiger partial charge in [0.15, 0.2) is 0 Å². The number of aliphatic hydroxyl groups excluding tert-OH is 2. The first kappa shape index (κ1) is 15.4. The van der Waals surface area contributed by atoms with Crippen LogP contribution in [-0.4, -0.2) is 34.0 Å². The highest BCUT2D eigenvalue weighted by molar-refractivity contribution is 4.78. The van der Waals surface area contributed by atoms with Crippen LogP contribution in [0, 0.1) is 0 Å². The molecule has 0 heterocycles.